The van der Waals surface area contributed by atoms with Crippen molar-refractivity contribution in [1.29, 1.82) is 0 Å². The van der Waals surface area contributed by atoms with Crippen molar-refractivity contribution in [3.8, 4) is 11.5 Å². The summed E-state index contributed by atoms with van der Waals surface area (Å²) in [5, 5.41) is 0.976. The van der Waals surface area contributed by atoms with Gasteiger partial charge in [0.05, 0.1) is 21.3 Å². The molecule has 3 aromatic rings. The first kappa shape index (κ1) is 19.0. The van der Waals surface area contributed by atoms with Crippen LogP contribution in [0.1, 0.15) is 28.4 Å². The van der Waals surface area contributed by atoms with Crippen molar-refractivity contribution in [1.82, 2.24) is 4.98 Å². The van der Waals surface area contributed by atoms with Gasteiger partial charge in [-0.05, 0) is 37.6 Å². The molecular weight excluding hydrogens is 340 g/mol. The van der Waals surface area contributed by atoms with Crippen molar-refractivity contribution in [2.45, 2.75) is 26.4 Å². The van der Waals surface area contributed by atoms with E-state index in [9.17, 15) is 4.79 Å². The molecule has 0 saturated carbocycles. The molecule has 0 aliphatic carbocycles. The fourth-order valence-corrected chi connectivity index (χ4v) is 3.40. The van der Waals surface area contributed by atoms with Crippen LogP contribution >= 0.6 is 0 Å². The second kappa shape index (κ2) is 7.84. The van der Waals surface area contributed by atoms with Crippen LogP contribution in [0.3, 0.4) is 0 Å². The number of ether oxygens (including phenoxy) is 2. The lowest BCUT2D eigenvalue weighted by Gasteiger charge is -2.22. The fourth-order valence-electron chi connectivity index (χ4n) is 3.40. The molecule has 1 heterocycles. The third kappa shape index (κ3) is 3.69. The number of carbonyl (C=O) groups is 1. The Kier molecular flexibility index (Phi) is 5.51. The van der Waals surface area contributed by atoms with E-state index in [2.05, 4.69) is 11.9 Å². The Morgan fingerprint density at radius 1 is 1.15 bits per heavy atom. The lowest BCUT2D eigenvalue weighted by atomic mass is 10.0. The van der Waals surface area contributed by atoms with Crippen LogP contribution in [0.2, 0.25) is 0 Å². The van der Waals surface area contributed by atoms with Crippen molar-refractivity contribution in [3.63, 3.8) is 0 Å². The molecule has 142 valence electrons. The molecule has 0 aliphatic heterocycles. The number of fused-ring (bicyclic) bond motifs is 1. The van der Waals surface area contributed by atoms with E-state index in [1.165, 1.54) is 0 Å². The number of para-hydroxylation sites is 1. The molecule has 0 bridgehead atoms. The largest absolute Gasteiger partial charge is 0.493 e. The van der Waals surface area contributed by atoms with Crippen LogP contribution in [-0.4, -0.2) is 38.1 Å². The zero-order valence-electron chi connectivity index (χ0n) is 16.6. The lowest BCUT2D eigenvalue weighted by Crippen LogP contribution is -3.12. The van der Waals surface area contributed by atoms with E-state index in [0.29, 0.717) is 5.75 Å². The number of aryl methyl sites for hydroxylation is 1. The van der Waals surface area contributed by atoms with Gasteiger partial charge in [-0.3, -0.25) is 4.79 Å². The van der Waals surface area contributed by atoms with E-state index in [4.69, 9.17) is 9.47 Å². The van der Waals surface area contributed by atoms with Crippen LogP contribution in [0.25, 0.3) is 10.9 Å². The third-order valence-corrected chi connectivity index (χ3v) is 5.30. The number of quaternary nitrogens is 1. The number of hydrogen-bond acceptors (Lipinski definition) is 3. The Morgan fingerprint density at radius 2 is 1.81 bits per heavy atom. The SMILES string of the molecule is COc1cc(C)c(C[NH+](C)[C@@H](C)C(=O)c2c[nH]c3ccccc23)cc1OC. The number of aromatic amines is 1. The summed E-state index contributed by atoms with van der Waals surface area (Å²) in [6.45, 7) is 4.76. The molecule has 0 saturated heterocycles. The van der Waals surface area contributed by atoms with Crippen LogP contribution in [0.5, 0.6) is 11.5 Å². The topological polar surface area (TPSA) is 55.8 Å². The molecule has 0 fully saturated rings. The minimum atomic E-state index is -0.170. The molecular formula is C22H27N2O3+. The molecule has 2 atom stereocenters. The fraction of sp³-hybridized carbons (Fsp3) is 0.318. The second-order valence-electron chi connectivity index (χ2n) is 6.99. The van der Waals surface area contributed by atoms with Crippen molar-refractivity contribution in [3.05, 3.63) is 59.3 Å². The minimum Gasteiger partial charge on any atom is -0.493 e. The molecule has 27 heavy (non-hydrogen) atoms. The second-order valence-corrected chi connectivity index (χ2v) is 6.99. The number of likely N-dealkylation sites (N-methyl/N-ethyl adjacent to an activating group) is 1. The van der Waals surface area contributed by atoms with E-state index in [0.717, 1.165) is 44.8 Å². The van der Waals surface area contributed by atoms with E-state index in [-0.39, 0.29) is 11.8 Å². The average molecular weight is 367 g/mol. The number of rotatable bonds is 7. The van der Waals surface area contributed by atoms with Gasteiger partial charge in [-0.25, -0.2) is 0 Å². The van der Waals surface area contributed by atoms with Crippen molar-refractivity contribution in [2.24, 2.45) is 0 Å². The van der Waals surface area contributed by atoms with Gasteiger partial charge in [-0.1, -0.05) is 18.2 Å². The maximum Gasteiger partial charge on any atom is 0.221 e. The number of hydrogen-bond donors (Lipinski definition) is 2. The van der Waals surface area contributed by atoms with Crippen LogP contribution in [0, 0.1) is 6.92 Å². The quantitative estimate of drug-likeness (QED) is 0.632. The van der Waals surface area contributed by atoms with Gasteiger partial charge in [-0.15, -0.1) is 0 Å². The van der Waals surface area contributed by atoms with E-state index < -0.39 is 0 Å². The van der Waals surface area contributed by atoms with Gasteiger partial charge in [0, 0.05) is 28.2 Å². The molecule has 2 aromatic carbocycles. The number of ketones is 1. The zero-order valence-corrected chi connectivity index (χ0v) is 16.6. The molecule has 1 aromatic heterocycles. The van der Waals surface area contributed by atoms with E-state index >= 15 is 0 Å². The maximum absolute atomic E-state index is 13.1. The lowest BCUT2D eigenvalue weighted by molar-refractivity contribution is -0.907. The van der Waals surface area contributed by atoms with Crippen LogP contribution in [-0.2, 0) is 6.54 Å². The Bertz CT molecular complexity index is 961. The number of Topliss-reactive ketones (excluding diaryl/α,β-unsaturated/α-hetero) is 1. The number of nitrogens with one attached hydrogen (secondary N) is 2. The van der Waals surface area contributed by atoms with E-state index in [1.807, 2.05) is 56.6 Å². The molecule has 3 rings (SSSR count). The van der Waals surface area contributed by atoms with Gasteiger partial charge in [-0.2, -0.15) is 0 Å². The van der Waals surface area contributed by atoms with Gasteiger partial charge in [0.15, 0.2) is 11.5 Å². The molecule has 0 amide bonds. The predicted molar refractivity (Wildman–Crippen MR) is 107 cm³/mol. The van der Waals surface area contributed by atoms with Gasteiger partial charge in [0.25, 0.3) is 0 Å². The number of methoxy groups -OCH3 is 2. The monoisotopic (exact) mass is 367 g/mol. The third-order valence-electron chi connectivity index (χ3n) is 5.30. The molecule has 0 aliphatic rings. The smallest absolute Gasteiger partial charge is 0.221 e. The number of carbonyl (C=O) groups excluding carboxylic acids is 1. The highest BCUT2D eigenvalue weighted by atomic mass is 16.5. The number of aromatic nitrogens is 1. The van der Waals surface area contributed by atoms with Crippen LogP contribution in [0.4, 0.5) is 0 Å². The highest BCUT2D eigenvalue weighted by Crippen LogP contribution is 2.30. The standard InChI is InChI=1S/C22H26N2O3/c1-14-10-20(26-4)21(27-5)11-16(14)13-24(3)15(2)22(25)18-12-23-19-9-7-6-8-17(18)19/h6-12,15,23H,13H2,1-5H3/p+1/t15-/m0/s1. The van der Waals surface area contributed by atoms with Gasteiger partial charge < -0.3 is 19.4 Å². The van der Waals surface area contributed by atoms with Gasteiger partial charge in [0.1, 0.15) is 12.6 Å². The van der Waals surface area contributed by atoms with Crippen LogP contribution < -0.4 is 14.4 Å². The Morgan fingerprint density at radius 3 is 2.52 bits per heavy atom. The van der Waals surface area contributed by atoms with E-state index in [1.54, 1.807) is 14.2 Å². The summed E-state index contributed by atoms with van der Waals surface area (Å²) in [5.41, 5.74) is 4.00. The first-order valence-electron chi connectivity index (χ1n) is 9.10. The number of benzene rings is 2. The highest BCUT2D eigenvalue weighted by Gasteiger charge is 2.26. The molecule has 5 nitrogen and oxygen atoms in total. The van der Waals surface area contributed by atoms with Gasteiger partial charge >= 0.3 is 0 Å². The van der Waals surface area contributed by atoms with Crippen molar-refractivity contribution >= 4 is 16.7 Å². The molecule has 0 spiro atoms. The summed E-state index contributed by atoms with van der Waals surface area (Å²) in [7, 11) is 5.32. The summed E-state index contributed by atoms with van der Waals surface area (Å²) in [4.78, 5) is 17.4. The Labute approximate surface area is 159 Å². The molecule has 2 N–H and O–H groups in total. The normalized spacial score (nSPS) is 13.4. The zero-order chi connectivity index (χ0) is 19.6. The molecule has 5 heteroatoms. The summed E-state index contributed by atoms with van der Waals surface area (Å²) in [5.74, 6) is 1.57. The molecule has 0 radical (unpaired) electrons. The van der Waals surface area contributed by atoms with Crippen molar-refractivity contribution in [2.75, 3.05) is 21.3 Å². The predicted octanol–water partition coefficient (Wildman–Crippen LogP) is 2.78. The average Bonchev–Trinajstić information content (AvgIpc) is 3.12. The minimum absolute atomic E-state index is 0.142. The Balaban J connectivity index is 1.81. The summed E-state index contributed by atoms with van der Waals surface area (Å²) >= 11 is 0. The van der Waals surface area contributed by atoms with Gasteiger partial charge in [0.2, 0.25) is 5.78 Å². The highest BCUT2D eigenvalue weighted by molar-refractivity contribution is 6.09. The van der Waals surface area contributed by atoms with Crippen molar-refractivity contribution < 1.29 is 19.2 Å². The summed E-state index contributed by atoms with van der Waals surface area (Å²) in [6, 6.07) is 11.7. The molecule has 1 unspecified atom stereocenters. The number of H-pyrrole nitrogens is 1. The summed E-state index contributed by atoms with van der Waals surface area (Å²) in [6.07, 6.45) is 1.82. The van der Waals surface area contributed by atoms with Crippen LogP contribution in [0.15, 0.2) is 42.6 Å². The maximum atomic E-state index is 13.1. The first-order valence-corrected chi connectivity index (χ1v) is 9.10. The summed E-state index contributed by atoms with van der Waals surface area (Å²) < 4.78 is 10.8. The Hall–Kier alpha value is -2.79. The first-order chi connectivity index (χ1) is 13.0.